The van der Waals surface area contributed by atoms with Gasteiger partial charge in [0.15, 0.2) is 5.78 Å². The van der Waals surface area contributed by atoms with Gasteiger partial charge in [0.2, 0.25) is 11.8 Å². The normalized spacial score (nSPS) is 14.6. The fourth-order valence-electron chi connectivity index (χ4n) is 4.38. The van der Waals surface area contributed by atoms with Crippen molar-refractivity contribution >= 4 is 35.1 Å². The number of Topliss-reactive ketones (excluding diaryl/α,β-unsaturated/α-hetero) is 1. The van der Waals surface area contributed by atoms with Gasteiger partial charge < -0.3 is 16.4 Å². The zero-order chi connectivity index (χ0) is 28.1. The van der Waals surface area contributed by atoms with Gasteiger partial charge in [-0.3, -0.25) is 28.9 Å². The lowest BCUT2D eigenvalue weighted by atomic mass is 9.89. The molecule has 0 fully saturated rings. The topological polar surface area (TPSA) is 139 Å². The van der Waals surface area contributed by atoms with Crippen LogP contribution in [0.4, 0.5) is 5.69 Å². The molecular formula is C29H42N4O5. The largest absolute Gasteiger partial charge is 0.346 e. The van der Waals surface area contributed by atoms with Crippen LogP contribution in [0.1, 0.15) is 71.3 Å². The van der Waals surface area contributed by atoms with Crippen LogP contribution in [-0.4, -0.2) is 53.4 Å². The van der Waals surface area contributed by atoms with Crippen molar-refractivity contribution in [2.24, 2.45) is 17.6 Å². The second-order valence-corrected chi connectivity index (χ2v) is 10.1. The smallest absolute Gasteiger partial charge is 0.253 e. The quantitative estimate of drug-likeness (QED) is 0.211. The van der Waals surface area contributed by atoms with E-state index in [1.165, 1.54) is 22.6 Å². The first-order valence-electron chi connectivity index (χ1n) is 13.6. The number of unbranched alkanes of at least 4 members (excludes halogenated alkanes) is 2. The highest BCUT2D eigenvalue weighted by Crippen LogP contribution is 2.19. The summed E-state index contributed by atoms with van der Waals surface area (Å²) < 4.78 is 0. The predicted octanol–water partition coefficient (Wildman–Crippen LogP) is 3.13. The number of hydrogen-bond acceptors (Lipinski definition) is 6. The van der Waals surface area contributed by atoms with Crippen molar-refractivity contribution in [3.63, 3.8) is 0 Å². The molecule has 1 aliphatic rings. The number of nitrogens with zero attached hydrogens (tertiary/aromatic N) is 1. The molecule has 2 atom stereocenters. The number of amides is 4. The molecule has 208 valence electrons. The first-order chi connectivity index (χ1) is 18.2. The van der Waals surface area contributed by atoms with E-state index in [1.807, 2.05) is 38.1 Å². The van der Waals surface area contributed by atoms with Crippen molar-refractivity contribution in [3.8, 4) is 0 Å². The van der Waals surface area contributed by atoms with Crippen LogP contribution < -0.4 is 16.4 Å². The van der Waals surface area contributed by atoms with Crippen molar-refractivity contribution in [1.29, 1.82) is 0 Å². The predicted molar refractivity (Wildman–Crippen MR) is 147 cm³/mol. The van der Waals surface area contributed by atoms with E-state index in [4.69, 9.17) is 5.73 Å². The Morgan fingerprint density at radius 3 is 2.18 bits per heavy atom. The maximum atomic E-state index is 13.2. The number of ketones is 1. The Labute approximate surface area is 225 Å². The minimum atomic E-state index is -0.689. The van der Waals surface area contributed by atoms with Crippen molar-refractivity contribution < 1.29 is 24.0 Å². The summed E-state index contributed by atoms with van der Waals surface area (Å²) in [5.41, 5.74) is 7.52. The van der Waals surface area contributed by atoms with E-state index in [0.29, 0.717) is 50.9 Å². The molecule has 1 aromatic carbocycles. The monoisotopic (exact) mass is 526 g/mol. The molecule has 0 radical (unpaired) electrons. The summed E-state index contributed by atoms with van der Waals surface area (Å²) in [7, 11) is 0. The van der Waals surface area contributed by atoms with Gasteiger partial charge in [-0.15, -0.1) is 0 Å². The number of nitrogens with two attached hydrogens (primary N) is 1. The molecule has 9 nitrogen and oxygen atoms in total. The molecule has 0 bridgehead atoms. The number of anilines is 1. The van der Waals surface area contributed by atoms with Crippen LogP contribution in [-0.2, 0) is 30.4 Å². The summed E-state index contributed by atoms with van der Waals surface area (Å²) in [6, 6.07) is 6.94. The van der Waals surface area contributed by atoms with Crippen LogP contribution in [0, 0.1) is 11.8 Å². The fraction of sp³-hybridized carbons (Fsp3) is 0.552. The summed E-state index contributed by atoms with van der Waals surface area (Å²) in [4.78, 5) is 63.2. The molecule has 1 heterocycles. The number of nitrogens with one attached hydrogen (secondary N) is 2. The molecule has 2 rings (SSSR count). The maximum absolute atomic E-state index is 13.2. The van der Waals surface area contributed by atoms with Gasteiger partial charge in [0, 0.05) is 43.1 Å². The van der Waals surface area contributed by atoms with E-state index in [9.17, 15) is 24.0 Å². The van der Waals surface area contributed by atoms with Crippen LogP contribution in [0.3, 0.4) is 0 Å². The maximum Gasteiger partial charge on any atom is 0.253 e. The Morgan fingerprint density at radius 2 is 1.61 bits per heavy atom. The summed E-state index contributed by atoms with van der Waals surface area (Å²) >= 11 is 0. The lowest BCUT2D eigenvalue weighted by Crippen LogP contribution is -2.45. The fourth-order valence-corrected chi connectivity index (χ4v) is 4.38. The Kier molecular flexibility index (Phi) is 12.9. The Bertz CT molecular complexity index is 985. The minimum absolute atomic E-state index is 0.0218. The number of aryl methyl sites for hydroxylation is 1. The Hall–Kier alpha value is -3.33. The van der Waals surface area contributed by atoms with Crippen LogP contribution in [0.5, 0.6) is 0 Å². The summed E-state index contributed by atoms with van der Waals surface area (Å²) in [6.07, 6.45) is 6.63. The molecule has 0 aromatic heterocycles. The standard InChI is InChI=1S/C29H42N4O5/c1-4-21-11-13-23(14-12-21)31-29(38)22(9-8-17-30)19-24(34)28(20(2)3)32-25(35)10-6-5-7-18-33-26(36)15-16-27(33)37/h11-16,20,22,28H,4-10,17-19,30H2,1-3H3,(H,31,38)(H,32,35)/t22-,28+/m1/s1. The average molecular weight is 527 g/mol. The van der Waals surface area contributed by atoms with Crippen molar-refractivity contribution in [2.45, 2.75) is 78.2 Å². The number of rotatable bonds is 17. The zero-order valence-corrected chi connectivity index (χ0v) is 22.8. The SMILES string of the molecule is CCc1ccc(NC(=O)[C@H](CCCN)CC(=O)[C@@H](NC(=O)CCCCCN2C(=O)C=CC2=O)C(C)C)cc1. The van der Waals surface area contributed by atoms with Crippen LogP contribution in [0.25, 0.3) is 0 Å². The third-order valence-corrected chi connectivity index (χ3v) is 6.72. The van der Waals surface area contributed by atoms with Crippen LogP contribution >= 0.6 is 0 Å². The van der Waals surface area contributed by atoms with Crippen molar-refractivity contribution in [3.05, 3.63) is 42.0 Å². The molecule has 0 spiro atoms. The highest BCUT2D eigenvalue weighted by molar-refractivity contribution is 6.12. The molecule has 9 heteroatoms. The average Bonchev–Trinajstić information content (AvgIpc) is 3.21. The zero-order valence-electron chi connectivity index (χ0n) is 22.8. The lowest BCUT2D eigenvalue weighted by Gasteiger charge is -2.24. The van der Waals surface area contributed by atoms with Gasteiger partial charge in [-0.2, -0.15) is 0 Å². The number of imide groups is 1. The molecule has 0 saturated carbocycles. The molecule has 1 aromatic rings. The first-order valence-corrected chi connectivity index (χ1v) is 13.6. The van der Waals surface area contributed by atoms with Gasteiger partial charge in [0.1, 0.15) is 0 Å². The highest BCUT2D eigenvalue weighted by atomic mass is 16.2. The third kappa shape index (κ3) is 9.85. The second kappa shape index (κ2) is 15.8. The number of carbonyl (C=O) groups excluding carboxylic acids is 5. The van der Waals surface area contributed by atoms with E-state index in [1.54, 1.807) is 0 Å². The van der Waals surface area contributed by atoms with Crippen LogP contribution in [0.15, 0.2) is 36.4 Å². The van der Waals surface area contributed by atoms with E-state index in [2.05, 4.69) is 17.6 Å². The van der Waals surface area contributed by atoms with Gasteiger partial charge in [-0.05, 0) is 62.3 Å². The van der Waals surface area contributed by atoms with Crippen molar-refractivity contribution in [2.75, 3.05) is 18.4 Å². The summed E-state index contributed by atoms with van der Waals surface area (Å²) in [5, 5.41) is 5.76. The molecular weight excluding hydrogens is 484 g/mol. The van der Waals surface area contributed by atoms with Gasteiger partial charge in [-0.1, -0.05) is 39.3 Å². The van der Waals surface area contributed by atoms with Crippen molar-refractivity contribution in [1.82, 2.24) is 10.2 Å². The molecule has 0 aliphatic carbocycles. The molecule has 4 amide bonds. The van der Waals surface area contributed by atoms with E-state index >= 15 is 0 Å². The van der Waals surface area contributed by atoms with Gasteiger partial charge in [0.05, 0.1) is 6.04 Å². The minimum Gasteiger partial charge on any atom is -0.346 e. The highest BCUT2D eigenvalue weighted by Gasteiger charge is 2.29. The van der Waals surface area contributed by atoms with E-state index in [-0.39, 0.29) is 48.2 Å². The molecule has 38 heavy (non-hydrogen) atoms. The van der Waals surface area contributed by atoms with E-state index < -0.39 is 12.0 Å². The number of hydrogen-bond donors (Lipinski definition) is 3. The first kappa shape index (κ1) is 30.9. The Balaban J connectivity index is 1.86. The number of benzene rings is 1. The molecule has 1 aliphatic heterocycles. The summed E-state index contributed by atoms with van der Waals surface area (Å²) in [5.74, 6) is -1.92. The summed E-state index contributed by atoms with van der Waals surface area (Å²) in [6.45, 7) is 6.54. The van der Waals surface area contributed by atoms with Gasteiger partial charge >= 0.3 is 0 Å². The second-order valence-electron chi connectivity index (χ2n) is 10.1. The molecule has 4 N–H and O–H groups in total. The molecule has 0 unspecified atom stereocenters. The number of carbonyl (C=O) groups is 5. The lowest BCUT2D eigenvalue weighted by molar-refractivity contribution is -0.137. The van der Waals surface area contributed by atoms with Crippen LogP contribution in [0.2, 0.25) is 0 Å². The third-order valence-electron chi connectivity index (χ3n) is 6.72. The Morgan fingerprint density at radius 1 is 0.947 bits per heavy atom. The van der Waals surface area contributed by atoms with E-state index in [0.717, 1.165) is 6.42 Å². The van der Waals surface area contributed by atoms with Gasteiger partial charge in [-0.25, -0.2) is 0 Å². The molecule has 0 saturated heterocycles. The van der Waals surface area contributed by atoms with Gasteiger partial charge in [0.25, 0.3) is 11.8 Å².